The van der Waals surface area contributed by atoms with Crippen LogP contribution in [0.2, 0.25) is 0 Å². The van der Waals surface area contributed by atoms with E-state index in [4.69, 9.17) is 9.52 Å². The topological polar surface area (TPSA) is 81.2 Å². The summed E-state index contributed by atoms with van der Waals surface area (Å²) in [4.78, 5) is 10.8. The fraction of sp³-hybridized carbons (Fsp3) is 0.364. The lowest BCUT2D eigenvalue weighted by Gasteiger charge is -2.04. The van der Waals surface area contributed by atoms with Gasteiger partial charge < -0.3 is 14.1 Å². The number of carboxylic acid groups (broad SMARTS) is 1. The van der Waals surface area contributed by atoms with Gasteiger partial charge in [0, 0.05) is 18.8 Å². The van der Waals surface area contributed by atoms with Crippen molar-refractivity contribution in [3.05, 3.63) is 35.3 Å². The van der Waals surface area contributed by atoms with E-state index in [0.29, 0.717) is 18.5 Å². The molecule has 0 saturated heterocycles. The Bertz CT molecular complexity index is 630. The first-order valence-electron chi connectivity index (χ1n) is 5.62. The van der Waals surface area contributed by atoms with Gasteiger partial charge in [0.05, 0.1) is 11.1 Å². The maximum Gasteiger partial charge on any atom is 0.418 e. The van der Waals surface area contributed by atoms with E-state index in [0.717, 1.165) is 10.8 Å². The van der Waals surface area contributed by atoms with E-state index in [9.17, 15) is 18.0 Å². The Morgan fingerprint density at radius 3 is 2.45 bits per heavy atom. The Kier molecular flexibility index (Phi) is 3.51. The van der Waals surface area contributed by atoms with Gasteiger partial charge in [-0.2, -0.15) is 13.2 Å². The molecular weight excluding hydrogens is 279 g/mol. The zero-order valence-electron chi connectivity index (χ0n) is 10.3. The van der Waals surface area contributed by atoms with Crippen LogP contribution >= 0.6 is 0 Å². The minimum absolute atomic E-state index is 0.113. The third kappa shape index (κ3) is 2.81. The Labute approximate surface area is 110 Å². The van der Waals surface area contributed by atoms with E-state index in [-0.39, 0.29) is 12.4 Å². The standard InChI is InChI=1S/C11H10F3N3O3/c1-2-8-15-16-9(20-8)5-17-3-6(10(18)19)7(4-17)11(12,13)14/h3-4H,2,5H2,1H3,(H,18,19). The van der Waals surface area contributed by atoms with Crippen molar-refractivity contribution in [1.29, 1.82) is 0 Å². The van der Waals surface area contributed by atoms with Crippen molar-refractivity contribution in [2.75, 3.05) is 0 Å². The summed E-state index contributed by atoms with van der Waals surface area (Å²) < 4.78 is 44.3. The van der Waals surface area contributed by atoms with Gasteiger partial charge in [-0.15, -0.1) is 10.2 Å². The first kappa shape index (κ1) is 14.1. The molecule has 6 nitrogen and oxygen atoms in total. The van der Waals surface area contributed by atoms with E-state index < -0.39 is 23.3 Å². The van der Waals surface area contributed by atoms with E-state index in [1.54, 1.807) is 6.92 Å². The zero-order valence-corrected chi connectivity index (χ0v) is 10.3. The van der Waals surface area contributed by atoms with Gasteiger partial charge in [-0.1, -0.05) is 6.92 Å². The van der Waals surface area contributed by atoms with Crippen LogP contribution in [-0.4, -0.2) is 25.8 Å². The second-order valence-corrected chi connectivity index (χ2v) is 4.00. The molecule has 0 aliphatic rings. The van der Waals surface area contributed by atoms with Crippen LogP contribution in [0.4, 0.5) is 13.2 Å². The number of carbonyl (C=O) groups is 1. The highest BCUT2D eigenvalue weighted by Crippen LogP contribution is 2.32. The van der Waals surface area contributed by atoms with Crippen LogP contribution in [0.15, 0.2) is 16.8 Å². The van der Waals surface area contributed by atoms with Crippen LogP contribution in [0.25, 0.3) is 0 Å². The number of aromatic nitrogens is 3. The van der Waals surface area contributed by atoms with Gasteiger partial charge >= 0.3 is 12.1 Å². The quantitative estimate of drug-likeness (QED) is 0.933. The predicted octanol–water partition coefficient (Wildman–Crippen LogP) is 2.20. The van der Waals surface area contributed by atoms with Crippen LogP contribution in [0.1, 0.15) is 34.6 Å². The van der Waals surface area contributed by atoms with Crippen LogP contribution in [0.5, 0.6) is 0 Å². The summed E-state index contributed by atoms with van der Waals surface area (Å²) in [5.74, 6) is -1.17. The molecular formula is C11H10F3N3O3. The van der Waals surface area contributed by atoms with Crippen molar-refractivity contribution >= 4 is 5.97 Å². The fourth-order valence-corrected chi connectivity index (χ4v) is 1.65. The second-order valence-electron chi connectivity index (χ2n) is 4.00. The number of alkyl halides is 3. The minimum Gasteiger partial charge on any atom is -0.478 e. The van der Waals surface area contributed by atoms with Gasteiger partial charge in [-0.25, -0.2) is 4.79 Å². The summed E-state index contributed by atoms with van der Waals surface area (Å²) in [7, 11) is 0. The number of carboxylic acids is 1. The lowest BCUT2D eigenvalue weighted by Crippen LogP contribution is -2.09. The largest absolute Gasteiger partial charge is 0.478 e. The van der Waals surface area contributed by atoms with Crippen LogP contribution < -0.4 is 0 Å². The van der Waals surface area contributed by atoms with Crippen molar-refractivity contribution in [3.63, 3.8) is 0 Å². The molecule has 0 spiro atoms. The van der Waals surface area contributed by atoms with Crippen molar-refractivity contribution in [2.24, 2.45) is 0 Å². The number of aromatic carboxylic acids is 1. The van der Waals surface area contributed by atoms with Crippen molar-refractivity contribution in [3.8, 4) is 0 Å². The number of aryl methyl sites for hydroxylation is 1. The number of halogens is 3. The van der Waals surface area contributed by atoms with E-state index >= 15 is 0 Å². The van der Waals surface area contributed by atoms with Crippen molar-refractivity contribution < 1.29 is 27.5 Å². The molecule has 2 heterocycles. The predicted molar refractivity (Wildman–Crippen MR) is 59.2 cm³/mol. The fourth-order valence-electron chi connectivity index (χ4n) is 1.65. The molecule has 0 unspecified atom stereocenters. The molecule has 0 bridgehead atoms. The molecule has 20 heavy (non-hydrogen) atoms. The average molecular weight is 289 g/mol. The number of rotatable bonds is 4. The van der Waals surface area contributed by atoms with Gasteiger partial charge in [-0.05, 0) is 0 Å². The first-order chi connectivity index (χ1) is 9.31. The zero-order chi connectivity index (χ0) is 14.9. The molecule has 0 aromatic carbocycles. The Balaban J connectivity index is 2.31. The summed E-state index contributed by atoms with van der Waals surface area (Å²) in [5.41, 5.74) is -2.02. The molecule has 0 saturated carbocycles. The molecule has 0 fully saturated rings. The molecule has 2 aromatic rings. The molecule has 9 heteroatoms. The lowest BCUT2D eigenvalue weighted by atomic mass is 10.2. The van der Waals surface area contributed by atoms with E-state index in [2.05, 4.69) is 10.2 Å². The highest BCUT2D eigenvalue weighted by molar-refractivity contribution is 5.89. The molecule has 2 rings (SSSR count). The number of hydrogen-bond donors (Lipinski definition) is 1. The van der Waals surface area contributed by atoms with Crippen molar-refractivity contribution in [2.45, 2.75) is 26.1 Å². The van der Waals surface area contributed by atoms with Gasteiger partial charge in [0.1, 0.15) is 6.54 Å². The highest BCUT2D eigenvalue weighted by atomic mass is 19.4. The van der Waals surface area contributed by atoms with Crippen LogP contribution in [0.3, 0.4) is 0 Å². The molecule has 1 N–H and O–H groups in total. The molecule has 0 amide bonds. The van der Waals surface area contributed by atoms with E-state index in [1.807, 2.05) is 0 Å². The van der Waals surface area contributed by atoms with Crippen molar-refractivity contribution in [1.82, 2.24) is 14.8 Å². The summed E-state index contributed by atoms with van der Waals surface area (Å²) >= 11 is 0. The van der Waals surface area contributed by atoms with Gasteiger partial charge in [0.25, 0.3) is 0 Å². The van der Waals surface area contributed by atoms with Gasteiger partial charge in [0.2, 0.25) is 11.8 Å². The third-order valence-electron chi connectivity index (χ3n) is 2.54. The summed E-state index contributed by atoms with van der Waals surface area (Å²) in [6, 6.07) is 0. The Morgan fingerprint density at radius 2 is 2.00 bits per heavy atom. The monoisotopic (exact) mass is 289 g/mol. The summed E-state index contributed by atoms with van der Waals surface area (Å²) in [5, 5.41) is 16.1. The SMILES string of the molecule is CCc1nnc(Cn2cc(C(=O)O)c(C(F)(F)F)c2)o1. The molecule has 0 atom stereocenters. The normalized spacial score (nSPS) is 11.8. The highest BCUT2D eigenvalue weighted by Gasteiger charge is 2.37. The van der Waals surface area contributed by atoms with Gasteiger partial charge in [0.15, 0.2) is 0 Å². The molecule has 108 valence electrons. The summed E-state index contributed by atoms with van der Waals surface area (Å²) in [6.45, 7) is 1.67. The maximum absolute atomic E-state index is 12.7. The molecule has 0 aliphatic heterocycles. The second kappa shape index (κ2) is 4.99. The Morgan fingerprint density at radius 1 is 1.35 bits per heavy atom. The minimum atomic E-state index is -4.73. The number of nitrogens with zero attached hydrogens (tertiary/aromatic N) is 3. The van der Waals surface area contributed by atoms with E-state index in [1.165, 1.54) is 0 Å². The first-order valence-corrected chi connectivity index (χ1v) is 5.62. The maximum atomic E-state index is 12.7. The molecule has 0 aliphatic carbocycles. The summed E-state index contributed by atoms with van der Waals surface area (Å²) in [6.07, 6.45) is -2.63. The molecule has 2 aromatic heterocycles. The smallest absolute Gasteiger partial charge is 0.418 e. The third-order valence-corrected chi connectivity index (χ3v) is 2.54. The lowest BCUT2D eigenvalue weighted by molar-refractivity contribution is -0.138. The van der Waals surface area contributed by atoms with Crippen LogP contribution in [0, 0.1) is 0 Å². The molecule has 0 radical (unpaired) electrons. The van der Waals surface area contributed by atoms with Gasteiger partial charge in [-0.3, -0.25) is 0 Å². The Hall–Kier alpha value is -2.32. The van der Waals surface area contributed by atoms with Crippen LogP contribution in [-0.2, 0) is 19.1 Å². The average Bonchev–Trinajstić information content (AvgIpc) is 2.95. The number of hydrogen-bond acceptors (Lipinski definition) is 4.